The van der Waals surface area contributed by atoms with Gasteiger partial charge < -0.3 is 0 Å². The first-order valence-corrected chi connectivity index (χ1v) is 9.79. The molecule has 7 heteroatoms. The van der Waals surface area contributed by atoms with Crippen molar-refractivity contribution in [3.05, 3.63) is 0 Å². The van der Waals surface area contributed by atoms with E-state index in [0.29, 0.717) is 24.0 Å². The number of rotatable bonds is 6. The second-order valence-electron chi connectivity index (χ2n) is 5.36. The molecule has 0 aromatic rings. The smallest absolute Gasteiger partial charge is 0.209 e. The molecule has 0 unspecified atom stereocenters. The third kappa shape index (κ3) is 24.9. The summed E-state index contributed by atoms with van der Waals surface area (Å²) in [5, 5.41) is 4.76. The highest BCUT2D eigenvalue weighted by atomic mass is 32.2. The highest BCUT2D eigenvalue weighted by Gasteiger charge is 2.03. The Balaban J connectivity index is 0. The fourth-order valence-corrected chi connectivity index (χ4v) is 2.55. The zero-order chi connectivity index (χ0) is 15.0. The summed E-state index contributed by atoms with van der Waals surface area (Å²) in [5.74, 6) is 1.32. The third-order valence-electron chi connectivity index (χ3n) is 2.05. The Morgan fingerprint density at radius 2 is 1.17 bits per heavy atom. The molecule has 0 atom stereocenters. The van der Waals surface area contributed by atoms with Crippen LogP contribution in [0.5, 0.6) is 0 Å². The number of sulfonamides is 1. The van der Waals surface area contributed by atoms with Crippen LogP contribution in [0.4, 0.5) is 0 Å². The van der Waals surface area contributed by atoms with E-state index < -0.39 is 19.9 Å². The van der Waals surface area contributed by atoms with Gasteiger partial charge in [0.1, 0.15) is 9.84 Å². The van der Waals surface area contributed by atoms with E-state index in [1.54, 1.807) is 0 Å². The van der Waals surface area contributed by atoms with Crippen LogP contribution in [0, 0.1) is 11.8 Å². The van der Waals surface area contributed by atoms with Gasteiger partial charge in [0.25, 0.3) is 0 Å². The minimum atomic E-state index is -3.22. The van der Waals surface area contributed by atoms with Gasteiger partial charge >= 0.3 is 0 Å². The average Bonchev–Trinajstić information content (AvgIpc) is 2.10. The van der Waals surface area contributed by atoms with Gasteiger partial charge in [-0.3, -0.25) is 0 Å². The molecule has 0 aliphatic carbocycles. The van der Waals surface area contributed by atoms with E-state index in [2.05, 4.69) is 0 Å². The molecule has 0 aliphatic heterocycles. The molecule has 0 fully saturated rings. The molecule has 0 aliphatic rings. The van der Waals surface area contributed by atoms with Crippen molar-refractivity contribution in [2.75, 3.05) is 17.8 Å². The minimum Gasteiger partial charge on any atom is -0.229 e. The summed E-state index contributed by atoms with van der Waals surface area (Å²) in [5.41, 5.74) is 0. The summed E-state index contributed by atoms with van der Waals surface area (Å²) in [7, 11) is -5.94. The maximum atomic E-state index is 10.5. The number of nitrogens with two attached hydrogens (primary N) is 1. The molecule has 18 heavy (non-hydrogen) atoms. The Bertz CT molecular complexity index is 357. The molecule has 5 nitrogen and oxygen atoms in total. The van der Waals surface area contributed by atoms with E-state index in [1.807, 2.05) is 27.7 Å². The van der Waals surface area contributed by atoms with Crippen molar-refractivity contribution in [1.82, 2.24) is 0 Å². The van der Waals surface area contributed by atoms with Gasteiger partial charge in [-0.15, -0.1) is 0 Å². The molecule has 0 aromatic carbocycles. The Morgan fingerprint density at radius 3 is 1.28 bits per heavy atom. The van der Waals surface area contributed by atoms with Crippen LogP contribution in [0.25, 0.3) is 0 Å². The van der Waals surface area contributed by atoms with Crippen molar-refractivity contribution in [2.24, 2.45) is 17.0 Å². The van der Waals surface area contributed by atoms with Crippen LogP contribution in [-0.4, -0.2) is 34.6 Å². The maximum absolute atomic E-state index is 10.5. The van der Waals surface area contributed by atoms with Crippen LogP contribution in [0.3, 0.4) is 0 Å². The van der Waals surface area contributed by atoms with Crippen molar-refractivity contribution >= 4 is 19.9 Å². The molecule has 0 radical (unpaired) electrons. The van der Waals surface area contributed by atoms with Gasteiger partial charge in [0.15, 0.2) is 0 Å². The van der Waals surface area contributed by atoms with E-state index in [1.165, 1.54) is 6.26 Å². The standard InChI is InChI=1S/C6H14O2S.C5H13NO2S/c1-6(2)4-5-9(3,7)8;1-5(2)3-4-9(6,7)8/h6H,4-5H2,1-3H3;5H,3-4H2,1-2H3,(H2,6,7,8). The lowest BCUT2D eigenvalue weighted by Crippen LogP contribution is -2.17. The molecule has 0 bridgehead atoms. The van der Waals surface area contributed by atoms with Crippen LogP contribution < -0.4 is 5.14 Å². The molecule has 0 amide bonds. The molecule has 2 N–H and O–H groups in total. The summed E-state index contributed by atoms with van der Waals surface area (Å²) in [6.45, 7) is 7.96. The Morgan fingerprint density at radius 1 is 0.833 bits per heavy atom. The first kappa shape index (κ1) is 20.2. The van der Waals surface area contributed by atoms with Gasteiger partial charge in [0.2, 0.25) is 10.0 Å². The van der Waals surface area contributed by atoms with E-state index in [9.17, 15) is 16.8 Å². The van der Waals surface area contributed by atoms with Crippen LogP contribution >= 0.6 is 0 Å². The number of primary sulfonamides is 1. The normalized spacial score (nSPS) is 12.4. The second-order valence-corrected chi connectivity index (χ2v) is 9.36. The highest BCUT2D eigenvalue weighted by molar-refractivity contribution is 7.90. The number of hydrogen-bond donors (Lipinski definition) is 1. The molecule has 0 rings (SSSR count). The highest BCUT2D eigenvalue weighted by Crippen LogP contribution is 2.01. The van der Waals surface area contributed by atoms with Crippen molar-refractivity contribution < 1.29 is 16.8 Å². The van der Waals surface area contributed by atoms with Crippen LogP contribution in [0.15, 0.2) is 0 Å². The van der Waals surface area contributed by atoms with Crippen molar-refractivity contribution in [3.8, 4) is 0 Å². The molecule has 0 saturated carbocycles. The van der Waals surface area contributed by atoms with Crippen LogP contribution in [-0.2, 0) is 19.9 Å². The summed E-state index contributed by atoms with van der Waals surface area (Å²) in [4.78, 5) is 0. The second kappa shape index (κ2) is 8.87. The monoisotopic (exact) mass is 301 g/mol. The predicted octanol–water partition coefficient (Wildman–Crippen LogP) is 1.40. The van der Waals surface area contributed by atoms with Gasteiger partial charge in [-0.1, -0.05) is 27.7 Å². The minimum absolute atomic E-state index is 0.102. The fraction of sp³-hybridized carbons (Fsp3) is 1.00. The lowest BCUT2D eigenvalue weighted by atomic mass is 10.2. The fourth-order valence-electron chi connectivity index (χ4n) is 0.850. The van der Waals surface area contributed by atoms with Gasteiger partial charge in [0.05, 0.1) is 11.5 Å². The van der Waals surface area contributed by atoms with E-state index in [4.69, 9.17) is 5.14 Å². The summed E-state index contributed by atoms with van der Waals surface area (Å²) in [6, 6.07) is 0. The lowest BCUT2D eigenvalue weighted by Gasteiger charge is -2.00. The third-order valence-corrected chi connectivity index (χ3v) is 3.83. The van der Waals surface area contributed by atoms with Gasteiger partial charge in [-0.05, 0) is 24.7 Å². The maximum Gasteiger partial charge on any atom is 0.209 e. The molecule has 0 heterocycles. The Hall–Kier alpha value is -0.140. The van der Waals surface area contributed by atoms with Gasteiger partial charge in [0, 0.05) is 6.26 Å². The molecule has 0 spiro atoms. The summed E-state index contributed by atoms with van der Waals surface area (Å²) < 4.78 is 41.7. The van der Waals surface area contributed by atoms with E-state index >= 15 is 0 Å². The zero-order valence-corrected chi connectivity index (χ0v) is 13.6. The van der Waals surface area contributed by atoms with Gasteiger partial charge in [-0.25, -0.2) is 22.0 Å². The van der Waals surface area contributed by atoms with Crippen molar-refractivity contribution in [3.63, 3.8) is 0 Å². The van der Waals surface area contributed by atoms with E-state index in [-0.39, 0.29) is 5.75 Å². The lowest BCUT2D eigenvalue weighted by molar-refractivity contribution is 0.575. The number of hydrogen-bond acceptors (Lipinski definition) is 4. The van der Waals surface area contributed by atoms with Crippen LogP contribution in [0.2, 0.25) is 0 Å². The van der Waals surface area contributed by atoms with Gasteiger partial charge in [-0.2, -0.15) is 0 Å². The molecule has 112 valence electrons. The average molecular weight is 301 g/mol. The number of sulfone groups is 1. The molecule has 0 aromatic heterocycles. The molecular formula is C11H27NO4S2. The molecule has 0 saturated heterocycles. The van der Waals surface area contributed by atoms with E-state index in [0.717, 1.165) is 6.42 Å². The predicted molar refractivity (Wildman–Crippen MR) is 76.6 cm³/mol. The Kier molecular flexibility index (Phi) is 9.95. The summed E-state index contributed by atoms with van der Waals surface area (Å²) in [6.07, 6.45) is 2.70. The molecular weight excluding hydrogens is 274 g/mol. The van der Waals surface area contributed by atoms with Crippen molar-refractivity contribution in [2.45, 2.75) is 40.5 Å². The Labute approximate surface area is 112 Å². The van der Waals surface area contributed by atoms with Crippen molar-refractivity contribution in [1.29, 1.82) is 0 Å². The topological polar surface area (TPSA) is 94.3 Å². The van der Waals surface area contributed by atoms with Crippen LogP contribution in [0.1, 0.15) is 40.5 Å². The summed E-state index contributed by atoms with van der Waals surface area (Å²) >= 11 is 0. The quantitative estimate of drug-likeness (QED) is 0.802. The largest absolute Gasteiger partial charge is 0.229 e. The zero-order valence-electron chi connectivity index (χ0n) is 12.0. The first-order valence-electron chi connectivity index (χ1n) is 6.01. The SMILES string of the molecule is CC(C)CCS(C)(=O)=O.CC(C)CCS(N)(=O)=O. The first-order chi connectivity index (χ1) is 7.83.